The summed E-state index contributed by atoms with van der Waals surface area (Å²) in [7, 11) is 0. The largest absolute Gasteiger partial charge is 0.372 e. The van der Waals surface area contributed by atoms with Gasteiger partial charge in [0.2, 0.25) is 11.8 Å². The molecule has 2 aromatic carbocycles. The van der Waals surface area contributed by atoms with Crippen molar-refractivity contribution in [1.82, 2.24) is 0 Å². The van der Waals surface area contributed by atoms with Crippen LogP contribution in [0.1, 0.15) is 32.3 Å². The number of nitrogens with one attached hydrogen (secondary N) is 2. The molecule has 0 aliphatic carbocycles. The van der Waals surface area contributed by atoms with Gasteiger partial charge in [0.05, 0.1) is 0 Å². The Morgan fingerprint density at radius 2 is 1.81 bits per heavy atom. The summed E-state index contributed by atoms with van der Waals surface area (Å²) >= 11 is 0. The number of rotatable bonds is 7. The van der Waals surface area contributed by atoms with Crippen LogP contribution in [0.15, 0.2) is 48.5 Å². The summed E-state index contributed by atoms with van der Waals surface area (Å²) in [6.07, 6.45) is 1.56. The van der Waals surface area contributed by atoms with Crippen LogP contribution in [0.2, 0.25) is 0 Å². The SMILES string of the molecule is CCN(CC)c1ccc(NC(=O)CC[C@@H]2Cc3ccccc3NC2=O)cc1. The van der Waals surface area contributed by atoms with Crippen molar-refractivity contribution in [3.05, 3.63) is 54.1 Å². The summed E-state index contributed by atoms with van der Waals surface area (Å²) in [5.41, 5.74) is 3.95. The van der Waals surface area contributed by atoms with Gasteiger partial charge in [-0.05, 0) is 62.6 Å². The molecule has 1 aliphatic rings. The standard InChI is InChI=1S/C22H27N3O2/c1-3-25(4-2)19-12-10-18(11-13-19)23-21(26)14-9-17-15-16-7-5-6-8-20(16)24-22(17)27/h5-8,10-13,17H,3-4,9,14-15H2,1-2H3,(H,23,26)(H,24,27)/t17-/m1/s1. The molecule has 0 saturated carbocycles. The third-order valence-corrected chi connectivity index (χ3v) is 5.11. The Morgan fingerprint density at radius 1 is 1.11 bits per heavy atom. The lowest BCUT2D eigenvalue weighted by atomic mass is 9.89. The van der Waals surface area contributed by atoms with Crippen LogP contribution in [0.3, 0.4) is 0 Å². The second-order valence-corrected chi connectivity index (χ2v) is 6.85. The number of para-hydroxylation sites is 1. The van der Waals surface area contributed by atoms with Crippen molar-refractivity contribution in [2.75, 3.05) is 28.6 Å². The minimum atomic E-state index is -0.157. The lowest BCUT2D eigenvalue weighted by Gasteiger charge is -2.24. The Bertz CT molecular complexity index is 797. The number of amides is 2. The first-order valence-corrected chi connectivity index (χ1v) is 9.64. The molecule has 5 heteroatoms. The number of benzene rings is 2. The third-order valence-electron chi connectivity index (χ3n) is 5.11. The smallest absolute Gasteiger partial charge is 0.227 e. The molecule has 1 atom stereocenters. The summed E-state index contributed by atoms with van der Waals surface area (Å²) in [6.45, 7) is 6.15. The third kappa shape index (κ3) is 4.67. The van der Waals surface area contributed by atoms with Gasteiger partial charge in [0.1, 0.15) is 0 Å². The highest BCUT2D eigenvalue weighted by atomic mass is 16.2. The molecule has 1 heterocycles. The first-order chi connectivity index (χ1) is 13.1. The fourth-order valence-corrected chi connectivity index (χ4v) is 3.52. The Balaban J connectivity index is 1.52. The average molecular weight is 365 g/mol. The molecule has 27 heavy (non-hydrogen) atoms. The van der Waals surface area contributed by atoms with Gasteiger partial charge in [-0.25, -0.2) is 0 Å². The topological polar surface area (TPSA) is 61.4 Å². The molecule has 0 unspecified atom stereocenters. The van der Waals surface area contributed by atoms with Crippen molar-refractivity contribution in [2.24, 2.45) is 5.92 Å². The molecule has 0 spiro atoms. The fourth-order valence-electron chi connectivity index (χ4n) is 3.52. The maximum atomic E-state index is 12.3. The van der Waals surface area contributed by atoms with Crippen LogP contribution in [-0.4, -0.2) is 24.9 Å². The summed E-state index contributed by atoms with van der Waals surface area (Å²) in [5, 5.41) is 5.86. The molecule has 2 aromatic rings. The summed E-state index contributed by atoms with van der Waals surface area (Å²) < 4.78 is 0. The van der Waals surface area contributed by atoms with E-state index in [4.69, 9.17) is 0 Å². The number of hydrogen-bond acceptors (Lipinski definition) is 3. The number of carbonyl (C=O) groups is 2. The van der Waals surface area contributed by atoms with E-state index >= 15 is 0 Å². The highest BCUT2D eigenvalue weighted by molar-refractivity contribution is 5.96. The first kappa shape index (κ1) is 19.0. The maximum Gasteiger partial charge on any atom is 0.227 e. The number of nitrogens with zero attached hydrogens (tertiary/aromatic N) is 1. The van der Waals surface area contributed by atoms with Gasteiger partial charge >= 0.3 is 0 Å². The predicted octanol–water partition coefficient (Wildman–Crippen LogP) is 4.06. The quantitative estimate of drug-likeness (QED) is 0.778. The predicted molar refractivity (Wildman–Crippen MR) is 110 cm³/mol. The first-order valence-electron chi connectivity index (χ1n) is 9.64. The van der Waals surface area contributed by atoms with E-state index < -0.39 is 0 Å². The Morgan fingerprint density at radius 3 is 2.52 bits per heavy atom. The Labute approximate surface area is 160 Å². The van der Waals surface area contributed by atoms with E-state index in [2.05, 4.69) is 29.4 Å². The van der Waals surface area contributed by atoms with Gasteiger partial charge in [-0.3, -0.25) is 9.59 Å². The zero-order chi connectivity index (χ0) is 19.2. The maximum absolute atomic E-state index is 12.3. The van der Waals surface area contributed by atoms with Crippen molar-refractivity contribution in [3.63, 3.8) is 0 Å². The summed E-state index contributed by atoms with van der Waals surface area (Å²) in [5.74, 6) is -0.210. The van der Waals surface area contributed by atoms with E-state index in [-0.39, 0.29) is 17.7 Å². The molecular weight excluding hydrogens is 338 g/mol. The van der Waals surface area contributed by atoms with Crippen molar-refractivity contribution >= 4 is 28.9 Å². The van der Waals surface area contributed by atoms with Crippen molar-refractivity contribution < 1.29 is 9.59 Å². The van der Waals surface area contributed by atoms with Crippen LogP contribution in [0.25, 0.3) is 0 Å². The van der Waals surface area contributed by atoms with E-state index in [1.54, 1.807) is 0 Å². The number of carbonyl (C=O) groups excluding carboxylic acids is 2. The molecule has 0 bridgehead atoms. The molecule has 1 aliphatic heterocycles. The second kappa shape index (κ2) is 8.71. The van der Waals surface area contributed by atoms with Crippen molar-refractivity contribution in [1.29, 1.82) is 0 Å². The highest BCUT2D eigenvalue weighted by Gasteiger charge is 2.26. The van der Waals surface area contributed by atoms with Crippen LogP contribution in [0.4, 0.5) is 17.1 Å². The normalized spacial score (nSPS) is 15.6. The zero-order valence-corrected chi connectivity index (χ0v) is 16.0. The minimum absolute atomic E-state index is 0.00470. The van der Waals surface area contributed by atoms with Gasteiger partial charge in [0, 0.05) is 42.5 Å². The minimum Gasteiger partial charge on any atom is -0.372 e. The Hall–Kier alpha value is -2.82. The molecular formula is C22H27N3O2. The highest BCUT2D eigenvalue weighted by Crippen LogP contribution is 2.27. The van der Waals surface area contributed by atoms with Crippen LogP contribution < -0.4 is 15.5 Å². The van der Waals surface area contributed by atoms with Crippen LogP contribution in [0, 0.1) is 5.92 Å². The van der Waals surface area contributed by atoms with E-state index in [0.29, 0.717) is 19.3 Å². The van der Waals surface area contributed by atoms with Crippen LogP contribution >= 0.6 is 0 Å². The molecule has 142 valence electrons. The van der Waals surface area contributed by atoms with E-state index in [9.17, 15) is 9.59 Å². The second-order valence-electron chi connectivity index (χ2n) is 6.85. The molecule has 0 saturated heterocycles. The van der Waals surface area contributed by atoms with Crippen molar-refractivity contribution in [3.8, 4) is 0 Å². The summed E-state index contributed by atoms with van der Waals surface area (Å²) in [6, 6.07) is 15.7. The molecule has 2 N–H and O–H groups in total. The monoisotopic (exact) mass is 365 g/mol. The van der Waals surface area contributed by atoms with Gasteiger partial charge in [-0.1, -0.05) is 18.2 Å². The lowest BCUT2D eigenvalue weighted by molar-refractivity contribution is -0.121. The summed E-state index contributed by atoms with van der Waals surface area (Å²) in [4.78, 5) is 26.8. The fraction of sp³-hybridized carbons (Fsp3) is 0.364. The van der Waals surface area contributed by atoms with Gasteiger partial charge < -0.3 is 15.5 Å². The van der Waals surface area contributed by atoms with E-state index in [1.807, 2.05) is 48.5 Å². The van der Waals surface area contributed by atoms with Crippen LogP contribution in [-0.2, 0) is 16.0 Å². The van der Waals surface area contributed by atoms with E-state index in [0.717, 1.165) is 35.7 Å². The van der Waals surface area contributed by atoms with Gasteiger partial charge in [-0.15, -0.1) is 0 Å². The molecule has 5 nitrogen and oxygen atoms in total. The number of hydrogen-bond donors (Lipinski definition) is 2. The number of fused-ring (bicyclic) bond motifs is 1. The zero-order valence-electron chi connectivity index (χ0n) is 16.0. The molecule has 0 aromatic heterocycles. The van der Waals surface area contributed by atoms with Gasteiger partial charge in [-0.2, -0.15) is 0 Å². The molecule has 0 radical (unpaired) electrons. The molecule has 0 fully saturated rings. The lowest BCUT2D eigenvalue weighted by Crippen LogP contribution is -2.30. The van der Waals surface area contributed by atoms with Crippen LogP contribution in [0.5, 0.6) is 0 Å². The molecule has 3 rings (SSSR count). The van der Waals surface area contributed by atoms with Gasteiger partial charge in [0.25, 0.3) is 0 Å². The van der Waals surface area contributed by atoms with Gasteiger partial charge in [0.15, 0.2) is 0 Å². The van der Waals surface area contributed by atoms with E-state index in [1.165, 1.54) is 0 Å². The molecule has 2 amide bonds. The number of anilines is 3. The average Bonchev–Trinajstić information content (AvgIpc) is 2.68. The van der Waals surface area contributed by atoms with Crippen molar-refractivity contribution in [2.45, 2.75) is 33.1 Å². The Kier molecular flexibility index (Phi) is 6.12.